The average Bonchev–Trinajstić information content (AvgIpc) is 2.66. The van der Waals surface area contributed by atoms with E-state index in [-0.39, 0.29) is 0 Å². The van der Waals surface area contributed by atoms with Gasteiger partial charge in [-0.15, -0.1) is 0 Å². The van der Waals surface area contributed by atoms with Crippen LogP contribution in [-0.4, -0.2) is 43.6 Å². The lowest BCUT2D eigenvalue weighted by molar-refractivity contribution is 0.221. The van der Waals surface area contributed by atoms with Crippen molar-refractivity contribution in [3.63, 3.8) is 0 Å². The summed E-state index contributed by atoms with van der Waals surface area (Å²) in [6, 6.07) is 15.6. The Bertz CT molecular complexity index is 773. The van der Waals surface area contributed by atoms with Crippen molar-refractivity contribution in [3.8, 4) is 0 Å². The summed E-state index contributed by atoms with van der Waals surface area (Å²) in [7, 11) is 1.84. The maximum absolute atomic E-state index is 4.39. The fourth-order valence-corrected chi connectivity index (χ4v) is 3.54. The van der Waals surface area contributed by atoms with Crippen molar-refractivity contribution in [2.75, 3.05) is 26.7 Å². The lowest BCUT2D eigenvalue weighted by atomic mass is 10.0. The van der Waals surface area contributed by atoms with E-state index in [2.05, 4.69) is 76.5 Å². The molecule has 2 aromatic carbocycles. The molecule has 4 heteroatoms. The Morgan fingerprint density at radius 3 is 2.58 bits per heavy atom. The van der Waals surface area contributed by atoms with Gasteiger partial charge in [-0.3, -0.25) is 9.89 Å². The van der Waals surface area contributed by atoms with Gasteiger partial charge in [-0.05, 0) is 42.2 Å². The first-order chi connectivity index (χ1) is 12.6. The Labute approximate surface area is 157 Å². The molecule has 0 aliphatic carbocycles. The van der Waals surface area contributed by atoms with Crippen molar-refractivity contribution in [3.05, 3.63) is 60.2 Å². The number of guanidine groups is 1. The van der Waals surface area contributed by atoms with Gasteiger partial charge in [-0.1, -0.05) is 48.6 Å². The Balaban J connectivity index is 1.49. The lowest BCUT2D eigenvalue weighted by Gasteiger charge is -2.33. The van der Waals surface area contributed by atoms with Gasteiger partial charge in [0.15, 0.2) is 5.96 Å². The van der Waals surface area contributed by atoms with Gasteiger partial charge in [0.25, 0.3) is 0 Å². The summed E-state index contributed by atoms with van der Waals surface area (Å²) in [5.74, 6) is 0.886. The molecule has 0 saturated carbocycles. The topological polar surface area (TPSA) is 39.7 Å². The van der Waals surface area contributed by atoms with E-state index >= 15 is 0 Å². The fourth-order valence-electron chi connectivity index (χ4n) is 3.54. The number of nitrogens with zero attached hydrogens (tertiary/aromatic N) is 2. The van der Waals surface area contributed by atoms with Gasteiger partial charge in [-0.25, -0.2) is 0 Å². The van der Waals surface area contributed by atoms with Crippen LogP contribution >= 0.6 is 0 Å². The highest BCUT2D eigenvalue weighted by Crippen LogP contribution is 2.15. The van der Waals surface area contributed by atoms with Crippen LogP contribution in [0.4, 0.5) is 0 Å². The molecule has 1 heterocycles. The number of hydrogen-bond donors (Lipinski definition) is 2. The van der Waals surface area contributed by atoms with E-state index in [9.17, 15) is 0 Å². The molecule has 138 valence electrons. The van der Waals surface area contributed by atoms with Crippen molar-refractivity contribution < 1.29 is 0 Å². The highest BCUT2D eigenvalue weighted by Gasteiger charge is 2.19. The van der Waals surface area contributed by atoms with Crippen LogP contribution in [0.1, 0.15) is 25.3 Å². The van der Waals surface area contributed by atoms with Crippen molar-refractivity contribution in [2.45, 2.75) is 32.4 Å². The number of fused-ring (bicyclic) bond motifs is 1. The number of likely N-dealkylation sites (tertiary alicyclic amines) is 1. The SMILES string of the molecule is C=C(C)CN1CCC(NC(=NC)NCc2ccc3ccccc3c2)CC1. The second-order valence-electron chi connectivity index (χ2n) is 7.26. The predicted octanol–water partition coefficient (Wildman–Crippen LogP) is 3.55. The van der Waals surface area contributed by atoms with Gasteiger partial charge in [0.1, 0.15) is 0 Å². The molecule has 2 N–H and O–H groups in total. The van der Waals surface area contributed by atoms with Gasteiger partial charge in [0.2, 0.25) is 0 Å². The standard InChI is InChI=1S/C22H30N4/c1-17(2)16-26-12-10-21(11-13-26)25-22(23-3)24-15-18-8-9-19-6-4-5-7-20(19)14-18/h4-9,14,21H,1,10-13,15-16H2,2-3H3,(H2,23,24,25). The second kappa shape index (κ2) is 8.86. The molecule has 4 nitrogen and oxygen atoms in total. The summed E-state index contributed by atoms with van der Waals surface area (Å²) in [5, 5.41) is 9.58. The largest absolute Gasteiger partial charge is 0.354 e. The number of benzene rings is 2. The monoisotopic (exact) mass is 350 g/mol. The molecule has 26 heavy (non-hydrogen) atoms. The molecule has 0 radical (unpaired) electrons. The molecule has 1 fully saturated rings. The predicted molar refractivity (Wildman–Crippen MR) is 112 cm³/mol. The first kappa shape index (κ1) is 18.5. The summed E-state index contributed by atoms with van der Waals surface area (Å²) in [6.07, 6.45) is 2.29. The summed E-state index contributed by atoms with van der Waals surface area (Å²) in [4.78, 5) is 6.87. The molecule has 0 amide bonds. The lowest BCUT2D eigenvalue weighted by Crippen LogP contribution is -2.48. The maximum Gasteiger partial charge on any atom is 0.191 e. The van der Waals surface area contributed by atoms with Crippen LogP contribution in [0, 0.1) is 0 Å². The van der Waals surface area contributed by atoms with Crippen molar-refractivity contribution in [1.29, 1.82) is 0 Å². The molecule has 0 bridgehead atoms. The van der Waals surface area contributed by atoms with Gasteiger partial charge in [-0.2, -0.15) is 0 Å². The number of rotatable bonds is 5. The third-order valence-electron chi connectivity index (χ3n) is 4.92. The summed E-state index contributed by atoms with van der Waals surface area (Å²) >= 11 is 0. The van der Waals surface area contributed by atoms with E-state index in [1.54, 1.807) is 0 Å². The van der Waals surface area contributed by atoms with Crippen molar-refractivity contribution in [2.24, 2.45) is 4.99 Å². The van der Waals surface area contributed by atoms with E-state index in [4.69, 9.17) is 0 Å². The van der Waals surface area contributed by atoms with Crippen LogP contribution in [-0.2, 0) is 6.54 Å². The van der Waals surface area contributed by atoms with Crippen LogP contribution in [0.15, 0.2) is 59.6 Å². The fraction of sp³-hybridized carbons (Fsp3) is 0.409. The molecule has 0 aromatic heterocycles. The highest BCUT2D eigenvalue weighted by atomic mass is 15.2. The van der Waals surface area contributed by atoms with Gasteiger partial charge < -0.3 is 10.6 Å². The smallest absolute Gasteiger partial charge is 0.191 e. The second-order valence-corrected chi connectivity index (χ2v) is 7.26. The summed E-state index contributed by atoms with van der Waals surface area (Å²) < 4.78 is 0. The van der Waals surface area contributed by atoms with Crippen LogP contribution in [0.2, 0.25) is 0 Å². The molecule has 0 atom stereocenters. The van der Waals surface area contributed by atoms with E-state index in [1.807, 2.05) is 7.05 Å². The minimum atomic E-state index is 0.485. The highest BCUT2D eigenvalue weighted by molar-refractivity contribution is 5.83. The molecule has 0 spiro atoms. The third kappa shape index (κ3) is 5.09. The number of aliphatic imine (C=N–C) groups is 1. The van der Waals surface area contributed by atoms with Crippen LogP contribution in [0.3, 0.4) is 0 Å². The van der Waals surface area contributed by atoms with Crippen LogP contribution in [0.5, 0.6) is 0 Å². The van der Waals surface area contributed by atoms with Gasteiger partial charge in [0.05, 0.1) is 0 Å². The van der Waals surface area contributed by atoms with E-state index < -0.39 is 0 Å². The summed E-state index contributed by atoms with van der Waals surface area (Å²) in [5.41, 5.74) is 2.51. The maximum atomic E-state index is 4.39. The molecule has 3 rings (SSSR count). The first-order valence-corrected chi connectivity index (χ1v) is 9.45. The van der Waals surface area contributed by atoms with Crippen molar-refractivity contribution >= 4 is 16.7 Å². The van der Waals surface area contributed by atoms with E-state index in [0.717, 1.165) is 45.0 Å². The van der Waals surface area contributed by atoms with Crippen LogP contribution in [0.25, 0.3) is 10.8 Å². The zero-order chi connectivity index (χ0) is 18.4. The molecule has 1 aliphatic heterocycles. The van der Waals surface area contributed by atoms with E-state index in [0.29, 0.717) is 6.04 Å². The Morgan fingerprint density at radius 2 is 1.88 bits per heavy atom. The quantitative estimate of drug-likeness (QED) is 0.492. The first-order valence-electron chi connectivity index (χ1n) is 9.45. The zero-order valence-corrected chi connectivity index (χ0v) is 16.0. The molecule has 1 saturated heterocycles. The number of nitrogens with one attached hydrogen (secondary N) is 2. The van der Waals surface area contributed by atoms with E-state index in [1.165, 1.54) is 21.9 Å². The zero-order valence-electron chi connectivity index (χ0n) is 16.0. The molecule has 1 aliphatic rings. The summed E-state index contributed by atoms with van der Waals surface area (Å²) in [6.45, 7) is 10.1. The number of piperidine rings is 1. The minimum Gasteiger partial charge on any atom is -0.354 e. The molecule has 2 aromatic rings. The molecular weight excluding hydrogens is 320 g/mol. The Morgan fingerprint density at radius 1 is 1.15 bits per heavy atom. The normalized spacial score (nSPS) is 16.6. The minimum absolute atomic E-state index is 0.485. The van der Waals surface area contributed by atoms with Crippen molar-refractivity contribution in [1.82, 2.24) is 15.5 Å². The number of hydrogen-bond acceptors (Lipinski definition) is 2. The Hall–Kier alpha value is -2.33. The van der Waals surface area contributed by atoms with Crippen LogP contribution < -0.4 is 10.6 Å². The average molecular weight is 351 g/mol. The third-order valence-corrected chi connectivity index (χ3v) is 4.92. The van der Waals surface area contributed by atoms with Gasteiger partial charge >= 0.3 is 0 Å². The van der Waals surface area contributed by atoms with Gasteiger partial charge in [0, 0.05) is 39.3 Å². The molecular formula is C22H30N4. The molecule has 0 unspecified atom stereocenters. The Kier molecular flexibility index (Phi) is 6.29.